The molecule has 0 saturated carbocycles. The fraction of sp³-hybridized carbons (Fsp3) is 0.709. The van der Waals surface area contributed by atoms with Gasteiger partial charge in [-0.15, -0.1) is 0 Å². The van der Waals surface area contributed by atoms with Crippen molar-refractivity contribution in [3.05, 3.63) is 88.0 Å². The van der Waals surface area contributed by atoms with E-state index in [4.69, 9.17) is 0 Å². The lowest BCUT2D eigenvalue weighted by atomic mass is 9.99. The van der Waals surface area contributed by atoms with Crippen LogP contribution in [0.25, 0.3) is 16.9 Å². The minimum atomic E-state index is 0.911. The second-order valence-electron chi connectivity index (χ2n) is 18.0. The Labute approximate surface area is 354 Å². The molecule has 0 bridgehead atoms. The topological polar surface area (TPSA) is 25.3 Å². The molecule has 0 N–H and O–H groups in total. The van der Waals surface area contributed by atoms with Crippen LogP contribution in [-0.2, 0) is 12.8 Å². The van der Waals surface area contributed by atoms with Crippen LogP contribution in [-0.4, -0.2) is 4.70 Å². The SMILES string of the molecule is CCCCCCCCCCCCCCCCCCCCCCCCCCCc1ccc(C2=CC(CCCC)=C(c3cccc(CCCCCCCC)c3)[N+]2=[N-])cc1. The fourth-order valence-corrected chi connectivity index (χ4v) is 8.92. The van der Waals surface area contributed by atoms with Crippen LogP contribution in [0.3, 0.4) is 0 Å². The van der Waals surface area contributed by atoms with Crippen LogP contribution in [0.1, 0.15) is 261 Å². The molecule has 1 heterocycles. The Bertz CT molecular complexity index is 1350. The molecular formula is C55H90N2. The first-order valence-corrected chi connectivity index (χ1v) is 25.3. The van der Waals surface area contributed by atoms with Crippen molar-refractivity contribution < 1.29 is 4.70 Å². The van der Waals surface area contributed by atoms with Crippen LogP contribution in [0.5, 0.6) is 0 Å². The highest BCUT2D eigenvalue weighted by Gasteiger charge is 2.28. The molecule has 0 unspecified atom stereocenters. The standard InChI is InChI=1S/C55H90N2/c1-4-7-10-12-14-15-16-17-18-19-20-21-22-23-24-25-26-27-28-29-30-31-32-34-35-38-49-43-45-51(46-44-49)54-48-53(41-9-6-3)55(57(54)56)52-42-37-40-50(47-52)39-36-33-13-11-8-5-2/h37,40,42-48H,4-36,38-39,41H2,1-3H3. The van der Waals surface area contributed by atoms with Crippen LogP contribution in [0, 0.1) is 0 Å². The number of benzene rings is 2. The van der Waals surface area contributed by atoms with Crippen LogP contribution in [0.15, 0.2) is 60.2 Å². The number of hydrogen-bond acceptors (Lipinski definition) is 0. The van der Waals surface area contributed by atoms with E-state index in [1.54, 1.807) is 0 Å². The Hall–Kier alpha value is -2.48. The lowest BCUT2D eigenvalue weighted by molar-refractivity contribution is -0.344. The minimum absolute atomic E-state index is 0.911. The molecule has 0 radical (unpaired) electrons. The van der Waals surface area contributed by atoms with E-state index < -0.39 is 0 Å². The maximum atomic E-state index is 11.6. The van der Waals surface area contributed by atoms with Gasteiger partial charge in [0.05, 0.1) is 0 Å². The zero-order valence-electron chi connectivity index (χ0n) is 38.0. The molecule has 57 heavy (non-hydrogen) atoms. The maximum Gasteiger partial charge on any atom is 0.210 e. The van der Waals surface area contributed by atoms with Gasteiger partial charge in [-0.25, -0.2) is 4.70 Å². The molecule has 0 fully saturated rings. The van der Waals surface area contributed by atoms with Crippen LogP contribution >= 0.6 is 0 Å². The van der Waals surface area contributed by atoms with Gasteiger partial charge in [-0.05, 0) is 73.9 Å². The number of allylic oxidation sites excluding steroid dienone is 2. The highest BCUT2D eigenvalue weighted by Crippen LogP contribution is 2.38. The molecule has 0 saturated heterocycles. The average molecular weight is 779 g/mol. The maximum absolute atomic E-state index is 11.6. The van der Waals surface area contributed by atoms with Gasteiger partial charge in [0.1, 0.15) is 0 Å². The van der Waals surface area contributed by atoms with E-state index >= 15 is 0 Å². The predicted octanol–water partition coefficient (Wildman–Crippen LogP) is 18.9. The smallest absolute Gasteiger partial charge is 0.210 e. The molecule has 2 heteroatoms. The van der Waals surface area contributed by atoms with Crippen molar-refractivity contribution in [3.8, 4) is 0 Å². The van der Waals surface area contributed by atoms with Gasteiger partial charge >= 0.3 is 0 Å². The van der Waals surface area contributed by atoms with Crippen molar-refractivity contribution >= 4 is 11.4 Å². The Morgan fingerprint density at radius 2 is 0.754 bits per heavy atom. The quantitative estimate of drug-likeness (QED) is 0.0479. The normalized spacial score (nSPS) is 13.0. The number of nitrogens with zero attached hydrogens (tertiary/aromatic N) is 2. The summed E-state index contributed by atoms with van der Waals surface area (Å²) in [6, 6.07) is 17.9. The summed E-state index contributed by atoms with van der Waals surface area (Å²) >= 11 is 0. The molecule has 3 rings (SSSR count). The number of unbranched alkanes of at least 4 members (excludes halogenated alkanes) is 30. The van der Waals surface area contributed by atoms with Crippen molar-refractivity contribution in [3.63, 3.8) is 0 Å². The lowest BCUT2D eigenvalue weighted by Gasteiger charge is -2.11. The Morgan fingerprint density at radius 1 is 0.368 bits per heavy atom. The molecule has 0 amide bonds. The van der Waals surface area contributed by atoms with E-state index in [0.29, 0.717) is 0 Å². The first-order valence-electron chi connectivity index (χ1n) is 25.3. The molecule has 0 aromatic heterocycles. The van der Waals surface area contributed by atoms with Crippen LogP contribution in [0.2, 0.25) is 0 Å². The van der Waals surface area contributed by atoms with E-state index in [1.165, 1.54) is 220 Å². The summed E-state index contributed by atoms with van der Waals surface area (Å²) in [6.07, 6.45) is 51.6. The third-order valence-corrected chi connectivity index (χ3v) is 12.7. The van der Waals surface area contributed by atoms with Gasteiger partial charge in [0, 0.05) is 22.8 Å². The summed E-state index contributed by atoms with van der Waals surface area (Å²) in [4.78, 5) is 0. The molecule has 320 valence electrons. The zero-order chi connectivity index (χ0) is 40.4. The average Bonchev–Trinajstić information content (AvgIpc) is 3.56. The summed E-state index contributed by atoms with van der Waals surface area (Å²) in [5.41, 5.74) is 19.8. The molecule has 0 atom stereocenters. The third-order valence-electron chi connectivity index (χ3n) is 12.7. The number of aryl methyl sites for hydroxylation is 2. The Balaban J connectivity index is 1.20. The fourth-order valence-electron chi connectivity index (χ4n) is 8.92. The third kappa shape index (κ3) is 21.9. The van der Waals surface area contributed by atoms with Crippen LogP contribution in [0.4, 0.5) is 0 Å². The monoisotopic (exact) mass is 779 g/mol. The summed E-state index contributed by atoms with van der Waals surface area (Å²) in [5.74, 6) is 0. The van der Waals surface area contributed by atoms with Gasteiger partial charge in [-0.2, -0.15) is 0 Å². The minimum Gasteiger partial charge on any atom is -0.493 e. The van der Waals surface area contributed by atoms with Gasteiger partial charge in [0.15, 0.2) is 0 Å². The highest BCUT2D eigenvalue weighted by molar-refractivity contribution is 5.78. The van der Waals surface area contributed by atoms with E-state index in [0.717, 1.165) is 54.6 Å². The molecule has 1 aliphatic heterocycles. The van der Waals surface area contributed by atoms with Gasteiger partial charge in [-0.1, -0.05) is 238 Å². The molecule has 0 spiro atoms. The van der Waals surface area contributed by atoms with Gasteiger partial charge in [-0.3, -0.25) is 0 Å². The lowest BCUT2D eigenvalue weighted by Crippen LogP contribution is -2.03. The van der Waals surface area contributed by atoms with E-state index in [1.807, 2.05) is 0 Å². The first-order chi connectivity index (χ1) is 28.2. The second kappa shape index (κ2) is 33.4. The molecule has 2 aromatic rings. The highest BCUT2D eigenvalue weighted by atomic mass is 15.2. The van der Waals surface area contributed by atoms with Crippen LogP contribution < -0.4 is 0 Å². The molecule has 1 aliphatic rings. The van der Waals surface area contributed by atoms with Crippen molar-refractivity contribution in [2.75, 3.05) is 0 Å². The summed E-state index contributed by atoms with van der Waals surface area (Å²) in [5, 5.41) is 0. The number of rotatable bonds is 38. The first kappa shape index (κ1) is 48.9. The molecule has 0 aliphatic carbocycles. The summed E-state index contributed by atoms with van der Waals surface area (Å²) in [7, 11) is 0. The Morgan fingerprint density at radius 3 is 1.18 bits per heavy atom. The second-order valence-corrected chi connectivity index (χ2v) is 18.0. The molecular weight excluding hydrogens is 689 g/mol. The van der Waals surface area contributed by atoms with Crippen molar-refractivity contribution in [1.29, 1.82) is 0 Å². The van der Waals surface area contributed by atoms with E-state index in [9.17, 15) is 5.53 Å². The molecule has 2 aromatic carbocycles. The van der Waals surface area contributed by atoms with Crippen molar-refractivity contribution in [2.45, 2.75) is 252 Å². The number of hydrogen-bond donors (Lipinski definition) is 0. The van der Waals surface area contributed by atoms with Crippen molar-refractivity contribution in [1.82, 2.24) is 0 Å². The predicted molar refractivity (Wildman–Crippen MR) is 253 cm³/mol. The van der Waals surface area contributed by atoms with E-state index in [-0.39, 0.29) is 0 Å². The molecule has 2 nitrogen and oxygen atoms in total. The van der Waals surface area contributed by atoms with Gasteiger partial charge < -0.3 is 5.53 Å². The van der Waals surface area contributed by atoms with Gasteiger partial charge in [0.2, 0.25) is 11.4 Å². The largest absolute Gasteiger partial charge is 0.493 e. The summed E-state index contributed by atoms with van der Waals surface area (Å²) in [6.45, 7) is 6.84. The summed E-state index contributed by atoms with van der Waals surface area (Å²) < 4.78 is 1.48. The van der Waals surface area contributed by atoms with Crippen molar-refractivity contribution in [2.24, 2.45) is 0 Å². The zero-order valence-corrected chi connectivity index (χ0v) is 38.0. The van der Waals surface area contributed by atoms with E-state index in [2.05, 4.69) is 75.4 Å². The Kier molecular flexibility index (Phi) is 28.6. The van der Waals surface area contributed by atoms with Gasteiger partial charge in [0.25, 0.3) is 0 Å².